The van der Waals surface area contributed by atoms with Crippen LogP contribution in [0, 0.1) is 0 Å². The molecule has 0 bridgehead atoms. The zero-order valence-electron chi connectivity index (χ0n) is 12.7. The first-order chi connectivity index (χ1) is 9.33. The van der Waals surface area contributed by atoms with Crippen LogP contribution in [0.1, 0.15) is 64.0 Å². The average molecular weight is 279 g/mol. The Kier molecular flexibility index (Phi) is 9.02. The Morgan fingerprint density at radius 2 is 1.79 bits per heavy atom. The predicted octanol–water partition coefficient (Wildman–Crippen LogP) is 5.42. The van der Waals surface area contributed by atoms with E-state index in [9.17, 15) is 0 Å². The minimum atomic E-state index is 0.523. The molecule has 1 aromatic carbocycles. The van der Waals surface area contributed by atoms with Crippen molar-refractivity contribution >= 4 is 11.8 Å². The van der Waals surface area contributed by atoms with Crippen molar-refractivity contribution in [3.8, 4) is 0 Å². The largest absolute Gasteiger partial charge is 0.310 e. The summed E-state index contributed by atoms with van der Waals surface area (Å²) in [5.74, 6) is 0. The summed E-state index contributed by atoms with van der Waals surface area (Å²) >= 11 is 1.86. The summed E-state index contributed by atoms with van der Waals surface area (Å²) in [6.07, 6.45) is 10.2. The molecule has 0 amide bonds. The van der Waals surface area contributed by atoms with Gasteiger partial charge in [0, 0.05) is 10.9 Å². The van der Waals surface area contributed by atoms with Crippen LogP contribution in [-0.2, 0) is 0 Å². The molecule has 1 N–H and O–H groups in total. The maximum atomic E-state index is 3.65. The summed E-state index contributed by atoms with van der Waals surface area (Å²) in [5.41, 5.74) is 1.48. The number of hydrogen-bond donors (Lipinski definition) is 1. The van der Waals surface area contributed by atoms with Gasteiger partial charge in [0.25, 0.3) is 0 Å². The minimum absolute atomic E-state index is 0.523. The maximum Gasteiger partial charge on any atom is 0.0331 e. The normalized spacial score (nSPS) is 12.6. The van der Waals surface area contributed by atoms with Gasteiger partial charge in [-0.3, -0.25) is 0 Å². The Hall–Kier alpha value is -0.470. The van der Waals surface area contributed by atoms with Crippen LogP contribution in [-0.4, -0.2) is 12.8 Å². The average Bonchev–Trinajstić information content (AvgIpc) is 2.46. The summed E-state index contributed by atoms with van der Waals surface area (Å²) in [6, 6.07) is 9.35. The smallest absolute Gasteiger partial charge is 0.0331 e. The van der Waals surface area contributed by atoms with E-state index in [1.165, 1.54) is 49.0 Å². The summed E-state index contributed by atoms with van der Waals surface area (Å²) in [6.45, 7) is 5.52. The second-order valence-corrected chi connectivity index (χ2v) is 5.90. The van der Waals surface area contributed by atoms with Crippen LogP contribution in [0.5, 0.6) is 0 Å². The van der Waals surface area contributed by atoms with Crippen LogP contribution in [0.4, 0.5) is 0 Å². The molecule has 0 saturated carbocycles. The van der Waals surface area contributed by atoms with E-state index in [2.05, 4.69) is 49.7 Å². The molecule has 2 heteroatoms. The van der Waals surface area contributed by atoms with Gasteiger partial charge in [-0.25, -0.2) is 0 Å². The number of unbranched alkanes of at least 4 members (excludes halogenated alkanes) is 4. The Bertz CT molecular complexity index is 338. The molecule has 1 unspecified atom stereocenters. The van der Waals surface area contributed by atoms with Crippen molar-refractivity contribution in [2.24, 2.45) is 0 Å². The van der Waals surface area contributed by atoms with Crippen LogP contribution in [0.15, 0.2) is 29.2 Å². The Labute approximate surface area is 123 Å². The van der Waals surface area contributed by atoms with Gasteiger partial charge in [0.2, 0.25) is 0 Å². The molecule has 0 saturated heterocycles. The fourth-order valence-electron chi connectivity index (χ4n) is 2.52. The van der Waals surface area contributed by atoms with Gasteiger partial charge >= 0.3 is 0 Å². The molecule has 0 aromatic heterocycles. The molecule has 0 fully saturated rings. The number of benzene rings is 1. The Morgan fingerprint density at radius 3 is 2.47 bits per heavy atom. The molecule has 0 spiro atoms. The minimum Gasteiger partial charge on any atom is -0.310 e. The first-order valence-electron chi connectivity index (χ1n) is 7.69. The lowest BCUT2D eigenvalue weighted by Crippen LogP contribution is -2.21. The summed E-state index contributed by atoms with van der Waals surface area (Å²) in [5, 5.41) is 3.65. The third-order valence-corrected chi connectivity index (χ3v) is 4.37. The van der Waals surface area contributed by atoms with E-state index in [1.54, 1.807) is 0 Å². The zero-order chi connectivity index (χ0) is 13.9. The monoisotopic (exact) mass is 279 g/mol. The molecule has 1 atom stereocenters. The quantitative estimate of drug-likeness (QED) is 0.453. The van der Waals surface area contributed by atoms with E-state index in [0.717, 1.165) is 6.54 Å². The van der Waals surface area contributed by atoms with Crippen LogP contribution in [0.2, 0.25) is 0 Å². The molecule has 0 aliphatic rings. The highest BCUT2D eigenvalue weighted by atomic mass is 32.2. The standard InChI is InChI=1S/C17H29NS/c1-4-6-7-8-9-13-16(18-5-2)15-12-10-11-14-17(15)19-3/h10-12,14,16,18H,4-9,13H2,1-3H3. The van der Waals surface area contributed by atoms with Crippen molar-refractivity contribution in [2.45, 2.75) is 63.3 Å². The third-order valence-electron chi connectivity index (χ3n) is 3.56. The van der Waals surface area contributed by atoms with Gasteiger partial charge in [-0.05, 0) is 30.9 Å². The van der Waals surface area contributed by atoms with Crippen LogP contribution >= 0.6 is 11.8 Å². The van der Waals surface area contributed by atoms with E-state index in [-0.39, 0.29) is 0 Å². The van der Waals surface area contributed by atoms with E-state index in [1.807, 2.05) is 11.8 Å². The number of nitrogens with one attached hydrogen (secondary N) is 1. The second kappa shape index (κ2) is 10.3. The lowest BCUT2D eigenvalue weighted by molar-refractivity contribution is 0.474. The van der Waals surface area contributed by atoms with Crippen LogP contribution < -0.4 is 5.32 Å². The molecule has 1 rings (SSSR count). The van der Waals surface area contributed by atoms with Gasteiger partial charge < -0.3 is 5.32 Å². The maximum absolute atomic E-state index is 3.65. The zero-order valence-corrected chi connectivity index (χ0v) is 13.6. The van der Waals surface area contributed by atoms with Crippen molar-refractivity contribution in [2.75, 3.05) is 12.8 Å². The van der Waals surface area contributed by atoms with Gasteiger partial charge in [0.15, 0.2) is 0 Å². The molecule has 0 aliphatic heterocycles. The molecule has 1 nitrogen and oxygen atoms in total. The lowest BCUT2D eigenvalue weighted by Gasteiger charge is -2.20. The topological polar surface area (TPSA) is 12.0 Å². The molecule has 0 radical (unpaired) electrons. The summed E-state index contributed by atoms with van der Waals surface area (Å²) < 4.78 is 0. The van der Waals surface area contributed by atoms with Crippen LogP contribution in [0.3, 0.4) is 0 Å². The molecular weight excluding hydrogens is 250 g/mol. The third kappa shape index (κ3) is 6.01. The van der Waals surface area contributed by atoms with Gasteiger partial charge in [-0.2, -0.15) is 0 Å². The first-order valence-corrected chi connectivity index (χ1v) is 8.92. The highest BCUT2D eigenvalue weighted by Gasteiger charge is 2.13. The number of hydrogen-bond acceptors (Lipinski definition) is 2. The van der Waals surface area contributed by atoms with Crippen molar-refractivity contribution in [1.29, 1.82) is 0 Å². The Morgan fingerprint density at radius 1 is 1.05 bits per heavy atom. The summed E-state index contributed by atoms with van der Waals surface area (Å²) in [7, 11) is 0. The van der Waals surface area contributed by atoms with E-state index < -0.39 is 0 Å². The highest BCUT2D eigenvalue weighted by Crippen LogP contribution is 2.29. The molecule has 19 heavy (non-hydrogen) atoms. The second-order valence-electron chi connectivity index (χ2n) is 5.06. The first kappa shape index (κ1) is 16.6. The summed E-state index contributed by atoms with van der Waals surface area (Å²) in [4.78, 5) is 1.42. The van der Waals surface area contributed by atoms with Crippen molar-refractivity contribution in [3.63, 3.8) is 0 Å². The van der Waals surface area contributed by atoms with Gasteiger partial charge in [0.1, 0.15) is 0 Å². The van der Waals surface area contributed by atoms with E-state index in [4.69, 9.17) is 0 Å². The van der Waals surface area contributed by atoms with E-state index in [0.29, 0.717) is 6.04 Å². The lowest BCUT2D eigenvalue weighted by atomic mass is 9.99. The molecule has 1 aromatic rings. The Balaban J connectivity index is 2.55. The number of rotatable bonds is 10. The predicted molar refractivity (Wildman–Crippen MR) is 88.0 cm³/mol. The molecule has 108 valence electrons. The molecule has 0 heterocycles. The van der Waals surface area contributed by atoms with Crippen molar-refractivity contribution in [1.82, 2.24) is 5.32 Å². The van der Waals surface area contributed by atoms with Crippen LogP contribution in [0.25, 0.3) is 0 Å². The fourth-order valence-corrected chi connectivity index (χ4v) is 3.18. The SMILES string of the molecule is CCCCCCCC(NCC)c1ccccc1SC. The molecular formula is C17H29NS. The van der Waals surface area contributed by atoms with Gasteiger partial charge in [-0.1, -0.05) is 64.2 Å². The van der Waals surface area contributed by atoms with Gasteiger partial charge in [-0.15, -0.1) is 11.8 Å². The fraction of sp³-hybridized carbons (Fsp3) is 0.647. The van der Waals surface area contributed by atoms with E-state index >= 15 is 0 Å². The van der Waals surface area contributed by atoms with Gasteiger partial charge in [0.05, 0.1) is 0 Å². The van der Waals surface area contributed by atoms with Crippen molar-refractivity contribution < 1.29 is 0 Å². The van der Waals surface area contributed by atoms with Crippen molar-refractivity contribution in [3.05, 3.63) is 29.8 Å². The number of thioether (sulfide) groups is 1. The molecule has 0 aliphatic carbocycles. The highest BCUT2D eigenvalue weighted by molar-refractivity contribution is 7.98.